The van der Waals surface area contributed by atoms with Crippen molar-refractivity contribution in [2.75, 3.05) is 13.2 Å². The molecule has 0 fully saturated rings. The molecule has 0 heterocycles. The van der Waals surface area contributed by atoms with E-state index in [1.54, 1.807) is 0 Å². The molecule has 0 saturated carbocycles. The number of unbranched alkanes of at least 4 members (excludes halogenated alkanes) is 56. The normalized spacial score (nSPS) is 12.6. The van der Waals surface area contributed by atoms with Crippen LogP contribution in [0, 0.1) is 0 Å². The molecular formula is C76H147NO5. The second-order valence-corrected chi connectivity index (χ2v) is 26.0. The Labute approximate surface area is 513 Å². The number of aliphatic hydroxyl groups is 2. The summed E-state index contributed by atoms with van der Waals surface area (Å²) in [5, 5.41) is 23.4. The van der Waals surface area contributed by atoms with Crippen molar-refractivity contribution < 1.29 is 24.5 Å². The van der Waals surface area contributed by atoms with Gasteiger partial charge in [-0.05, 0) is 77.0 Å². The maximum absolute atomic E-state index is 12.5. The third kappa shape index (κ3) is 67.5. The van der Waals surface area contributed by atoms with E-state index < -0.39 is 12.1 Å². The topological polar surface area (TPSA) is 95.9 Å². The van der Waals surface area contributed by atoms with Crippen LogP contribution in [0.1, 0.15) is 425 Å². The number of hydrogen-bond donors (Lipinski definition) is 3. The number of aliphatic hydroxyl groups excluding tert-OH is 2. The van der Waals surface area contributed by atoms with E-state index in [0.29, 0.717) is 25.9 Å². The van der Waals surface area contributed by atoms with Gasteiger partial charge in [-0.1, -0.05) is 359 Å². The van der Waals surface area contributed by atoms with Gasteiger partial charge in [-0.2, -0.15) is 0 Å². The summed E-state index contributed by atoms with van der Waals surface area (Å²) in [6.07, 6.45) is 91.0. The standard InChI is InChI=1S/C76H147NO5/c1-3-5-7-9-11-13-15-17-19-21-37-40-44-48-52-56-60-64-68-74(79)73(72-78)77-75(80)69-65-61-57-53-49-45-41-38-35-33-31-29-27-25-23-22-24-26-28-30-32-34-36-39-43-47-51-55-59-63-67-71-82-76(81)70-66-62-58-54-50-46-42-20-18-16-14-12-10-8-6-4-2/h20,24,26,42,73-74,78-79H,3-19,21-23,25,27-41,43-72H2,1-2H3,(H,77,80)/b26-24-,42-20-. The van der Waals surface area contributed by atoms with E-state index >= 15 is 0 Å². The first-order valence-electron chi connectivity index (χ1n) is 37.6. The molecule has 6 nitrogen and oxygen atoms in total. The highest BCUT2D eigenvalue weighted by molar-refractivity contribution is 5.76. The number of rotatable bonds is 71. The lowest BCUT2D eigenvalue weighted by atomic mass is 10.0. The number of ether oxygens (including phenoxy) is 1. The number of nitrogens with one attached hydrogen (secondary N) is 1. The Hall–Kier alpha value is -1.66. The minimum Gasteiger partial charge on any atom is -0.466 e. The van der Waals surface area contributed by atoms with Crippen molar-refractivity contribution in [2.24, 2.45) is 0 Å². The third-order valence-electron chi connectivity index (χ3n) is 17.7. The zero-order valence-electron chi connectivity index (χ0n) is 55.8. The van der Waals surface area contributed by atoms with Crippen molar-refractivity contribution in [3.63, 3.8) is 0 Å². The van der Waals surface area contributed by atoms with Gasteiger partial charge in [0.15, 0.2) is 0 Å². The molecule has 6 heteroatoms. The predicted molar refractivity (Wildman–Crippen MR) is 361 cm³/mol. The molecule has 486 valence electrons. The van der Waals surface area contributed by atoms with E-state index in [4.69, 9.17) is 4.74 Å². The number of carbonyl (C=O) groups excluding carboxylic acids is 2. The minimum atomic E-state index is -0.663. The molecule has 0 saturated heterocycles. The molecule has 0 radical (unpaired) electrons. The van der Waals surface area contributed by atoms with Gasteiger partial charge in [-0.15, -0.1) is 0 Å². The molecule has 0 aliphatic heterocycles. The molecule has 0 aliphatic rings. The van der Waals surface area contributed by atoms with Crippen LogP contribution in [0.25, 0.3) is 0 Å². The lowest BCUT2D eigenvalue weighted by molar-refractivity contribution is -0.143. The summed E-state index contributed by atoms with van der Waals surface area (Å²) in [5.41, 5.74) is 0. The zero-order chi connectivity index (χ0) is 59.2. The van der Waals surface area contributed by atoms with Crippen LogP contribution < -0.4 is 5.32 Å². The Kier molecular flexibility index (Phi) is 70.4. The number of carbonyl (C=O) groups is 2. The SMILES string of the molecule is CCCCCCCCC/C=C\CCCCCCCC(=O)OCCCCCCCCCCCCCC/C=C\CCCCCCCCCCCCCCCCCC(=O)NC(CO)C(O)CCCCCCCCCCCCCCCCCCCC. The third-order valence-corrected chi connectivity index (χ3v) is 17.7. The molecule has 3 N–H and O–H groups in total. The molecule has 82 heavy (non-hydrogen) atoms. The Morgan fingerprint density at radius 1 is 0.329 bits per heavy atom. The summed E-state index contributed by atoms with van der Waals surface area (Å²) in [6.45, 7) is 4.99. The molecule has 0 rings (SSSR count). The molecule has 2 atom stereocenters. The number of allylic oxidation sites excluding steroid dienone is 4. The van der Waals surface area contributed by atoms with Gasteiger partial charge in [0.25, 0.3) is 0 Å². The molecule has 0 aliphatic carbocycles. The number of hydrogen-bond acceptors (Lipinski definition) is 5. The molecule has 0 bridgehead atoms. The largest absolute Gasteiger partial charge is 0.466 e. The Balaban J connectivity index is 3.35. The lowest BCUT2D eigenvalue weighted by Gasteiger charge is -2.22. The molecule has 0 spiro atoms. The zero-order valence-corrected chi connectivity index (χ0v) is 55.8. The average Bonchev–Trinajstić information content (AvgIpc) is 3.48. The fraction of sp³-hybridized carbons (Fsp3) is 0.921. The summed E-state index contributed by atoms with van der Waals surface area (Å²) in [6, 6.07) is -0.540. The predicted octanol–water partition coefficient (Wildman–Crippen LogP) is 24.5. The fourth-order valence-corrected chi connectivity index (χ4v) is 12.0. The quantitative estimate of drug-likeness (QED) is 0.0320. The summed E-state index contributed by atoms with van der Waals surface area (Å²) < 4.78 is 5.50. The smallest absolute Gasteiger partial charge is 0.305 e. The summed E-state index contributed by atoms with van der Waals surface area (Å²) >= 11 is 0. The van der Waals surface area contributed by atoms with Crippen LogP contribution in [0.4, 0.5) is 0 Å². The molecule has 0 aromatic heterocycles. The van der Waals surface area contributed by atoms with Crippen LogP contribution >= 0.6 is 0 Å². The van der Waals surface area contributed by atoms with E-state index in [1.165, 1.54) is 347 Å². The van der Waals surface area contributed by atoms with Crippen LogP contribution in [0.3, 0.4) is 0 Å². The molecule has 2 unspecified atom stereocenters. The van der Waals surface area contributed by atoms with Gasteiger partial charge >= 0.3 is 5.97 Å². The maximum atomic E-state index is 12.5. The van der Waals surface area contributed by atoms with Crippen molar-refractivity contribution in [1.29, 1.82) is 0 Å². The minimum absolute atomic E-state index is 0.0112. The Morgan fingerprint density at radius 3 is 0.866 bits per heavy atom. The van der Waals surface area contributed by atoms with Crippen molar-refractivity contribution in [1.82, 2.24) is 5.32 Å². The van der Waals surface area contributed by atoms with Crippen LogP contribution in [0.5, 0.6) is 0 Å². The highest BCUT2D eigenvalue weighted by Gasteiger charge is 2.20. The van der Waals surface area contributed by atoms with Crippen LogP contribution in [-0.4, -0.2) is 47.4 Å². The van der Waals surface area contributed by atoms with E-state index in [-0.39, 0.29) is 18.5 Å². The van der Waals surface area contributed by atoms with Gasteiger partial charge in [-0.25, -0.2) is 0 Å². The number of amides is 1. The van der Waals surface area contributed by atoms with Gasteiger partial charge in [0.1, 0.15) is 0 Å². The summed E-state index contributed by atoms with van der Waals surface area (Å²) in [4.78, 5) is 24.6. The van der Waals surface area contributed by atoms with Gasteiger partial charge in [0.05, 0.1) is 25.4 Å². The fourth-order valence-electron chi connectivity index (χ4n) is 12.0. The first-order valence-corrected chi connectivity index (χ1v) is 37.6. The van der Waals surface area contributed by atoms with Crippen LogP contribution in [0.15, 0.2) is 24.3 Å². The molecule has 0 aromatic rings. The highest BCUT2D eigenvalue weighted by atomic mass is 16.5. The van der Waals surface area contributed by atoms with Crippen molar-refractivity contribution in [3.05, 3.63) is 24.3 Å². The first-order chi connectivity index (χ1) is 40.5. The van der Waals surface area contributed by atoms with E-state index in [9.17, 15) is 19.8 Å². The highest BCUT2D eigenvalue weighted by Crippen LogP contribution is 2.19. The maximum Gasteiger partial charge on any atom is 0.305 e. The van der Waals surface area contributed by atoms with E-state index in [2.05, 4.69) is 43.5 Å². The Morgan fingerprint density at radius 2 is 0.573 bits per heavy atom. The van der Waals surface area contributed by atoms with Gasteiger partial charge in [0, 0.05) is 12.8 Å². The van der Waals surface area contributed by atoms with Crippen molar-refractivity contribution >= 4 is 11.9 Å². The molecule has 1 amide bonds. The average molecular weight is 1160 g/mol. The lowest BCUT2D eigenvalue weighted by Crippen LogP contribution is -2.45. The van der Waals surface area contributed by atoms with Gasteiger partial charge in [0.2, 0.25) is 5.91 Å². The van der Waals surface area contributed by atoms with Crippen LogP contribution in [0.2, 0.25) is 0 Å². The monoisotopic (exact) mass is 1150 g/mol. The van der Waals surface area contributed by atoms with Crippen molar-refractivity contribution in [3.8, 4) is 0 Å². The van der Waals surface area contributed by atoms with Crippen LogP contribution in [-0.2, 0) is 14.3 Å². The summed E-state index contributed by atoms with van der Waals surface area (Å²) in [7, 11) is 0. The van der Waals surface area contributed by atoms with Gasteiger partial charge in [-0.3, -0.25) is 9.59 Å². The van der Waals surface area contributed by atoms with E-state index in [0.717, 1.165) is 44.9 Å². The van der Waals surface area contributed by atoms with Gasteiger partial charge < -0.3 is 20.3 Å². The van der Waals surface area contributed by atoms with Crippen molar-refractivity contribution in [2.45, 2.75) is 437 Å². The molecular weight excluding hydrogens is 1010 g/mol. The second-order valence-electron chi connectivity index (χ2n) is 26.0. The second kappa shape index (κ2) is 71.8. The first kappa shape index (κ1) is 80.3. The molecule has 0 aromatic carbocycles. The summed E-state index contributed by atoms with van der Waals surface area (Å²) in [5.74, 6) is -0.0175. The Bertz CT molecular complexity index is 1280. The van der Waals surface area contributed by atoms with E-state index in [1.807, 2.05) is 0 Å². The number of esters is 1.